The molecule has 0 saturated carbocycles. The van der Waals surface area contributed by atoms with Gasteiger partial charge < -0.3 is 14.1 Å². The van der Waals surface area contributed by atoms with Crippen LogP contribution in [-0.2, 0) is 11.3 Å². The summed E-state index contributed by atoms with van der Waals surface area (Å²) in [7, 11) is 1.28. The molecule has 1 amide bonds. The number of nitrogens with zero attached hydrogens (tertiary/aromatic N) is 2. The number of amides is 1. The number of halogens is 1. The van der Waals surface area contributed by atoms with E-state index in [9.17, 15) is 9.59 Å². The van der Waals surface area contributed by atoms with Gasteiger partial charge in [0.15, 0.2) is 5.69 Å². The Bertz CT molecular complexity index is 742. The molecule has 7 heteroatoms. The van der Waals surface area contributed by atoms with E-state index in [-0.39, 0.29) is 18.1 Å². The second-order valence-corrected chi connectivity index (χ2v) is 6.86. The number of carbonyl (C=O) groups excluding carboxylic acids is 2. The first-order chi connectivity index (χ1) is 11.9. The van der Waals surface area contributed by atoms with Crippen molar-refractivity contribution >= 4 is 27.8 Å². The van der Waals surface area contributed by atoms with Gasteiger partial charge in [0.25, 0.3) is 5.91 Å². The molecular weight excluding hydrogens is 388 g/mol. The highest BCUT2D eigenvalue weighted by molar-refractivity contribution is 9.10. The number of hydrogen-bond acceptors (Lipinski definition) is 5. The topological polar surface area (TPSA) is 72.6 Å². The summed E-state index contributed by atoms with van der Waals surface area (Å²) in [4.78, 5) is 30.2. The number of carbonyl (C=O) groups is 2. The molecule has 0 atom stereocenters. The van der Waals surface area contributed by atoms with Gasteiger partial charge >= 0.3 is 5.97 Å². The minimum absolute atomic E-state index is 0.0923. The molecule has 2 aromatic rings. The lowest BCUT2D eigenvalue weighted by atomic mass is 10.1. The molecule has 0 aliphatic heterocycles. The number of hydrogen-bond donors (Lipinski definition) is 0. The van der Waals surface area contributed by atoms with E-state index in [1.54, 1.807) is 11.0 Å². The Kier molecular flexibility index (Phi) is 6.75. The molecule has 0 spiro atoms. The average Bonchev–Trinajstić information content (AvgIpc) is 3.06. The van der Waals surface area contributed by atoms with Crippen LogP contribution in [0.15, 0.2) is 39.4 Å². The van der Waals surface area contributed by atoms with Gasteiger partial charge in [-0.2, -0.15) is 0 Å². The monoisotopic (exact) mass is 408 g/mol. The molecule has 1 aromatic heterocycles. The molecule has 134 valence electrons. The molecule has 1 heterocycles. The summed E-state index contributed by atoms with van der Waals surface area (Å²) in [6.07, 6.45) is 2.09. The molecule has 0 N–H and O–H groups in total. The minimum Gasteiger partial charge on any atom is -0.464 e. The Hall–Kier alpha value is -2.15. The second kappa shape index (κ2) is 8.80. The van der Waals surface area contributed by atoms with Gasteiger partial charge in [0, 0.05) is 11.0 Å². The predicted octanol–water partition coefficient (Wildman–Crippen LogP) is 3.91. The lowest BCUT2D eigenvalue weighted by molar-refractivity contribution is 0.0594. The smallest absolute Gasteiger partial charge is 0.360 e. The molecule has 0 radical (unpaired) electrons. The molecule has 0 aliphatic carbocycles. The third-order valence-electron chi connectivity index (χ3n) is 3.64. The van der Waals surface area contributed by atoms with Gasteiger partial charge in [0.1, 0.15) is 6.26 Å². The van der Waals surface area contributed by atoms with Gasteiger partial charge in [-0.3, -0.25) is 4.79 Å². The third-order valence-corrected chi connectivity index (χ3v) is 4.33. The third kappa shape index (κ3) is 5.16. The molecular formula is C18H21BrN2O4. The Labute approximate surface area is 155 Å². The molecule has 2 rings (SSSR count). The number of rotatable bonds is 7. The molecule has 25 heavy (non-hydrogen) atoms. The van der Waals surface area contributed by atoms with E-state index < -0.39 is 5.97 Å². The van der Waals surface area contributed by atoms with Crippen LogP contribution in [0.3, 0.4) is 0 Å². The van der Waals surface area contributed by atoms with E-state index in [0.717, 1.165) is 10.9 Å². The van der Waals surface area contributed by atoms with Crippen molar-refractivity contribution in [2.45, 2.75) is 26.8 Å². The first kappa shape index (κ1) is 19.2. The van der Waals surface area contributed by atoms with Crippen LogP contribution in [-0.4, -0.2) is 35.4 Å². The number of aromatic nitrogens is 1. The number of oxazole rings is 1. The molecule has 6 nitrogen and oxygen atoms in total. The highest BCUT2D eigenvalue weighted by atomic mass is 79.9. The minimum atomic E-state index is -0.569. The van der Waals surface area contributed by atoms with Crippen molar-refractivity contribution in [1.29, 1.82) is 0 Å². The molecule has 0 unspecified atom stereocenters. The van der Waals surface area contributed by atoms with E-state index in [2.05, 4.69) is 39.5 Å². The fourth-order valence-corrected chi connectivity index (χ4v) is 2.67. The summed E-state index contributed by atoms with van der Waals surface area (Å²) in [6.45, 7) is 4.95. The van der Waals surface area contributed by atoms with Gasteiger partial charge in [-0.15, -0.1) is 0 Å². The van der Waals surface area contributed by atoms with Crippen molar-refractivity contribution in [1.82, 2.24) is 9.88 Å². The number of esters is 1. The van der Waals surface area contributed by atoms with E-state index in [1.807, 2.05) is 18.2 Å². The lowest BCUT2D eigenvalue weighted by Gasteiger charge is -2.22. The number of methoxy groups -OCH3 is 1. The molecule has 0 fully saturated rings. The van der Waals surface area contributed by atoms with E-state index in [4.69, 9.17) is 4.42 Å². The lowest BCUT2D eigenvalue weighted by Crippen LogP contribution is -2.32. The summed E-state index contributed by atoms with van der Waals surface area (Å²) in [5, 5.41) is 0. The largest absolute Gasteiger partial charge is 0.464 e. The summed E-state index contributed by atoms with van der Waals surface area (Å²) in [6, 6.07) is 7.27. The Morgan fingerprint density at radius 3 is 2.68 bits per heavy atom. The van der Waals surface area contributed by atoms with Crippen LogP contribution >= 0.6 is 15.9 Å². The van der Waals surface area contributed by atoms with Crippen LogP contribution in [0.4, 0.5) is 0 Å². The Morgan fingerprint density at radius 2 is 2.04 bits per heavy atom. The maximum atomic E-state index is 12.9. The average molecular weight is 409 g/mol. The van der Waals surface area contributed by atoms with Crippen molar-refractivity contribution < 1.29 is 18.7 Å². The first-order valence-electron chi connectivity index (χ1n) is 7.99. The maximum Gasteiger partial charge on any atom is 0.360 e. The Balaban J connectivity index is 2.20. The number of benzene rings is 1. The SMILES string of the molecule is COC(=O)c1coc(CN(CCC(C)C)C(=O)c2ccccc2Br)n1. The Morgan fingerprint density at radius 1 is 1.32 bits per heavy atom. The summed E-state index contributed by atoms with van der Waals surface area (Å²) < 4.78 is 10.7. The van der Waals surface area contributed by atoms with Gasteiger partial charge in [-0.25, -0.2) is 9.78 Å². The van der Waals surface area contributed by atoms with E-state index >= 15 is 0 Å². The van der Waals surface area contributed by atoms with Crippen molar-refractivity contribution in [2.75, 3.05) is 13.7 Å². The first-order valence-corrected chi connectivity index (χ1v) is 8.78. The second-order valence-electron chi connectivity index (χ2n) is 6.01. The van der Waals surface area contributed by atoms with Gasteiger partial charge in [0.2, 0.25) is 5.89 Å². The zero-order valence-electron chi connectivity index (χ0n) is 14.5. The van der Waals surface area contributed by atoms with Crippen LogP contribution in [0, 0.1) is 5.92 Å². The fraction of sp³-hybridized carbons (Fsp3) is 0.389. The maximum absolute atomic E-state index is 12.9. The molecule has 0 aliphatic rings. The number of ether oxygens (including phenoxy) is 1. The summed E-state index contributed by atoms with van der Waals surface area (Å²) in [5.74, 6) is 0.0565. The van der Waals surface area contributed by atoms with Gasteiger partial charge in [-0.05, 0) is 40.4 Å². The highest BCUT2D eigenvalue weighted by Crippen LogP contribution is 2.20. The van der Waals surface area contributed by atoms with Crippen molar-refractivity contribution in [2.24, 2.45) is 5.92 Å². The molecule has 0 bridgehead atoms. The summed E-state index contributed by atoms with van der Waals surface area (Å²) in [5.41, 5.74) is 0.667. The molecule has 0 saturated heterocycles. The molecule has 1 aromatic carbocycles. The van der Waals surface area contributed by atoms with E-state index in [1.165, 1.54) is 13.4 Å². The fourth-order valence-electron chi connectivity index (χ4n) is 2.22. The van der Waals surface area contributed by atoms with Gasteiger partial charge in [-0.1, -0.05) is 26.0 Å². The van der Waals surface area contributed by atoms with Crippen molar-refractivity contribution in [3.63, 3.8) is 0 Å². The normalized spacial score (nSPS) is 10.8. The van der Waals surface area contributed by atoms with Gasteiger partial charge in [0.05, 0.1) is 19.2 Å². The van der Waals surface area contributed by atoms with E-state index in [0.29, 0.717) is 23.9 Å². The van der Waals surface area contributed by atoms with Crippen LogP contribution < -0.4 is 0 Å². The van der Waals surface area contributed by atoms with Crippen LogP contribution in [0.5, 0.6) is 0 Å². The predicted molar refractivity (Wildman–Crippen MR) is 96.2 cm³/mol. The van der Waals surface area contributed by atoms with Crippen molar-refractivity contribution in [3.8, 4) is 0 Å². The zero-order valence-corrected chi connectivity index (χ0v) is 16.1. The van der Waals surface area contributed by atoms with Crippen molar-refractivity contribution in [3.05, 3.63) is 52.1 Å². The van der Waals surface area contributed by atoms with Crippen LogP contribution in [0.2, 0.25) is 0 Å². The highest BCUT2D eigenvalue weighted by Gasteiger charge is 2.21. The zero-order chi connectivity index (χ0) is 18.4. The van der Waals surface area contributed by atoms with Crippen LogP contribution in [0.1, 0.15) is 47.0 Å². The standard InChI is InChI=1S/C18H21BrN2O4/c1-12(2)8-9-21(17(22)13-6-4-5-7-14(13)19)10-16-20-15(11-25-16)18(23)24-3/h4-7,11-12H,8-10H2,1-3H3. The quantitative estimate of drug-likeness (QED) is 0.649. The summed E-state index contributed by atoms with van der Waals surface area (Å²) >= 11 is 3.42. The van der Waals surface area contributed by atoms with Crippen LogP contribution in [0.25, 0.3) is 0 Å².